The Labute approximate surface area is 158 Å². The van der Waals surface area contributed by atoms with Crippen molar-refractivity contribution in [1.29, 1.82) is 0 Å². The lowest BCUT2D eigenvalue weighted by atomic mass is 9.99. The first-order valence-electron chi connectivity index (χ1n) is 7.10. The van der Waals surface area contributed by atoms with E-state index in [0.29, 0.717) is 21.2 Å². The van der Waals surface area contributed by atoms with Crippen LogP contribution in [0.5, 0.6) is 0 Å². The standard InChI is InChI=1S/C17H10Cl2F2N2O2S/c18-11-4-9(5-12(19)8-11)13-2-1-3-23-16(13)10-6-14(20)17(15(21)7-10)26(22,24)25/h1-8H,(H2,22,24,25). The predicted octanol–water partition coefficient (Wildman–Crippen LogP) is 4.65. The number of nitrogens with zero attached hydrogens (tertiary/aromatic N) is 1. The zero-order valence-electron chi connectivity index (χ0n) is 12.9. The Morgan fingerprint density at radius 1 is 0.923 bits per heavy atom. The lowest BCUT2D eigenvalue weighted by Gasteiger charge is -2.11. The van der Waals surface area contributed by atoms with Gasteiger partial charge in [0.2, 0.25) is 10.0 Å². The Kier molecular flexibility index (Phi) is 4.98. The van der Waals surface area contributed by atoms with Crippen LogP contribution in [-0.4, -0.2) is 13.4 Å². The van der Waals surface area contributed by atoms with Crippen LogP contribution < -0.4 is 5.14 Å². The molecule has 0 aliphatic carbocycles. The molecule has 0 aliphatic rings. The van der Waals surface area contributed by atoms with Crippen LogP contribution in [0, 0.1) is 11.6 Å². The van der Waals surface area contributed by atoms with Crippen LogP contribution in [-0.2, 0) is 10.0 Å². The van der Waals surface area contributed by atoms with Crippen molar-refractivity contribution in [2.45, 2.75) is 4.90 Å². The van der Waals surface area contributed by atoms with Crippen molar-refractivity contribution in [3.05, 3.63) is 70.3 Å². The number of sulfonamides is 1. The smallest absolute Gasteiger partial charge is 0.243 e. The fourth-order valence-corrected chi connectivity index (χ4v) is 3.73. The monoisotopic (exact) mass is 414 g/mol. The highest BCUT2D eigenvalue weighted by molar-refractivity contribution is 7.89. The number of hydrogen-bond donors (Lipinski definition) is 1. The number of nitrogens with two attached hydrogens (primary N) is 1. The minimum atomic E-state index is -4.54. The van der Waals surface area contributed by atoms with Crippen LogP contribution in [0.1, 0.15) is 0 Å². The van der Waals surface area contributed by atoms with Crippen LogP contribution in [0.15, 0.2) is 53.6 Å². The van der Waals surface area contributed by atoms with Crippen LogP contribution in [0.3, 0.4) is 0 Å². The van der Waals surface area contributed by atoms with Gasteiger partial charge in [0.25, 0.3) is 0 Å². The molecule has 0 saturated heterocycles. The summed E-state index contributed by atoms with van der Waals surface area (Å²) in [5, 5.41) is 5.61. The largest absolute Gasteiger partial charge is 0.256 e. The summed E-state index contributed by atoms with van der Waals surface area (Å²) in [5.41, 5.74) is 1.37. The maximum atomic E-state index is 14.2. The molecule has 0 unspecified atom stereocenters. The van der Waals surface area contributed by atoms with Crippen LogP contribution in [0.2, 0.25) is 10.0 Å². The van der Waals surface area contributed by atoms with Crippen LogP contribution in [0.25, 0.3) is 22.4 Å². The summed E-state index contributed by atoms with van der Waals surface area (Å²) >= 11 is 12.0. The molecule has 2 aromatic carbocycles. The SMILES string of the molecule is NS(=O)(=O)c1c(F)cc(-c2ncccc2-c2cc(Cl)cc(Cl)c2)cc1F. The molecule has 0 bridgehead atoms. The summed E-state index contributed by atoms with van der Waals surface area (Å²) in [6.45, 7) is 0. The van der Waals surface area contributed by atoms with Gasteiger partial charge >= 0.3 is 0 Å². The minimum absolute atomic E-state index is 0.0408. The third-order valence-electron chi connectivity index (χ3n) is 3.54. The van der Waals surface area contributed by atoms with Gasteiger partial charge in [-0.2, -0.15) is 0 Å². The molecule has 1 heterocycles. The topological polar surface area (TPSA) is 73.1 Å². The molecule has 0 fully saturated rings. The summed E-state index contributed by atoms with van der Waals surface area (Å²) in [6, 6.07) is 9.83. The van der Waals surface area contributed by atoms with Gasteiger partial charge in [0.1, 0.15) is 11.6 Å². The Bertz CT molecular complexity index is 1080. The first kappa shape index (κ1) is 18.7. The maximum absolute atomic E-state index is 14.2. The first-order chi connectivity index (χ1) is 12.2. The van der Waals surface area contributed by atoms with E-state index in [-0.39, 0.29) is 11.3 Å². The molecule has 0 atom stereocenters. The zero-order valence-corrected chi connectivity index (χ0v) is 15.2. The molecular formula is C17H10Cl2F2N2O2S. The van der Waals surface area contributed by atoms with Gasteiger partial charge in [0.15, 0.2) is 4.90 Å². The number of rotatable bonds is 3. The molecule has 134 valence electrons. The van der Waals surface area contributed by atoms with Gasteiger partial charge in [-0.05, 0) is 42.0 Å². The summed E-state index contributed by atoms with van der Waals surface area (Å²) in [7, 11) is -4.54. The Morgan fingerprint density at radius 3 is 2.04 bits per heavy atom. The van der Waals surface area contributed by atoms with E-state index in [2.05, 4.69) is 4.98 Å². The average molecular weight is 415 g/mol. The highest BCUT2D eigenvalue weighted by Gasteiger charge is 2.23. The molecule has 3 aromatic rings. The quantitative estimate of drug-likeness (QED) is 0.677. The van der Waals surface area contributed by atoms with Gasteiger partial charge in [-0.25, -0.2) is 22.3 Å². The number of primary sulfonamides is 1. The third-order valence-corrected chi connectivity index (χ3v) is 4.93. The van der Waals surface area contributed by atoms with Crippen molar-refractivity contribution < 1.29 is 17.2 Å². The molecule has 9 heteroatoms. The van der Waals surface area contributed by atoms with E-state index in [1.54, 1.807) is 30.3 Å². The molecule has 4 nitrogen and oxygen atoms in total. The van der Waals surface area contributed by atoms with Gasteiger partial charge in [-0.15, -0.1) is 0 Å². The summed E-state index contributed by atoms with van der Waals surface area (Å²) < 4.78 is 51.0. The summed E-state index contributed by atoms with van der Waals surface area (Å²) in [4.78, 5) is 2.97. The molecule has 0 spiro atoms. The number of hydrogen-bond acceptors (Lipinski definition) is 3. The molecule has 2 N–H and O–H groups in total. The summed E-state index contributed by atoms with van der Waals surface area (Å²) in [5.74, 6) is -2.61. The molecule has 0 amide bonds. The van der Waals surface area contributed by atoms with Crippen molar-refractivity contribution in [2.24, 2.45) is 5.14 Å². The van der Waals surface area contributed by atoms with E-state index in [9.17, 15) is 17.2 Å². The van der Waals surface area contributed by atoms with E-state index in [4.69, 9.17) is 28.3 Å². The van der Waals surface area contributed by atoms with Gasteiger partial charge in [-0.3, -0.25) is 4.98 Å². The molecular weight excluding hydrogens is 405 g/mol. The summed E-state index contributed by atoms with van der Waals surface area (Å²) in [6.07, 6.45) is 1.44. The lowest BCUT2D eigenvalue weighted by Crippen LogP contribution is -2.16. The van der Waals surface area contributed by atoms with Crippen LogP contribution >= 0.6 is 23.2 Å². The predicted molar refractivity (Wildman–Crippen MR) is 96.4 cm³/mol. The van der Waals surface area contributed by atoms with E-state index < -0.39 is 26.6 Å². The van der Waals surface area contributed by atoms with Gasteiger partial charge in [0, 0.05) is 27.4 Å². The number of pyridine rings is 1. The molecule has 26 heavy (non-hydrogen) atoms. The number of halogens is 4. The zero-order chi connectivity index (χ0) is 19.1. The van der Waals surface area contributed by atoms with Gasteiger partial charge in [0.05, 0.1) is 5.69 Å². The molecule has 0 aliphatic heterocycles. The van der Waals surface area contributed by atoms with Crippen molar-refractivity contribution in [1.82, 2.24) is 4.98 Å². The van der Waals surface area contributed by atoms with E-state index in [1.165, 1.54) is 6.20 Å². The van der Waals surface area contributed by atoms with Crippen molar-refractivity contribution in [2.75, 3.05) is 0 Å². The van der Waals surface area contributed by atoms with Gasteiger partial charge in [-0.1, -0.05) is 29.3 Å². The third kappa shape index (κ3) is 3.71. The van der Waals surface area contributed by atoms with Crippen molar-refractivity contribution in [3.63, 3.8) is 0 Å². The highest BCUT2D eigenvalue weighted by Crippen LogP contribution is 2.35. The molecule has 0 radical (unpaired) electrons. The van der Waals surface area contributed by atoms with Crippen molar-refractivity contribution >= 4 is 33.2 Å². The maximum Gasteiger partial charge on any atom is 0.243 e. The fraction of sp³-hybridized carbons (Fsp3) is 0. The number of aromatic nitrogens is 1. The second kappa shape index (κ2) is 6.92. The minimum Gasteiger partial charge on any atom is -0.256 e. The molecule has 1 aromatic heterocycles. The van der Waals surface area contributed by atoms with E-state index in [0.717, 1.165) is 12.1 Å². The molecule has 0 saturated carbocycles. The first-order valence-corrected chi connectivity index (χ1v) is 9.41. The second-order valence-corrected chi connectivity index (χ2v) is 7.74. The highest BCUT2D eigenvalue weighted by atomic mass is 35.5. The molecule has 3 rings (SSSR count). The van der Waals surface area contributed by atoms with Crippen LogP contribution in [0.4, 0.5) is 8.78 Å². The van der Waals surface area contributed by atoms with Crippen molar-refractivity contribution in [3.8, 4) is 22.4 Å². The lowest BCUT2D eigenvalue weighted by molar-refractivity contribution is 0.520. The average Bonchev–Trinajstić information content (AvgIpc) is 2.52. The Balaban J connectivity index is 2.24. The number of benzene rings is 2. The normalized spacial score (nSPS) is 11.6. The Hall–Kier alpha value is -2.06. The van der Waals surface area contributed by atoms with Gasteiger partial charge < -0.3 is 0 Å². The van der Waals surface area contributed by atoms with E-state index >= 15 is 0 Å². The van der Waals surface area contributed by atoms with E-state index in [1.807, 2.05) is 0 Å². The second-order valence-electron chi connectivity index (χ2n) is 5.37. The Morgan fingerprint density at radius 2 is 1.50 bits per heavy atom. The fourth-order valence-electron chi connectivity index (χ4n) is 2.55.